The van der Waals surface area contributed by atoms with Crippen molar-refractivity contribution in [3.63, 3.8) is 0 Å². The molecule has 35 heteroatoms. The maximum atomic E-state index is 15.4. The number of nitrogens with zero attached hydrogens (tertiary/aromatic N) is 3. The average molecular weight is 1820 g/mol. The minimum atomic E-state index is -2.30. The number of likely N-dealkylation sites (tertiary alicyclic amines) is 1. The van der Waals surface area contributed by atoms with Crippen molar-refractivity contribution in [2.24, 2.45) is 5.41 Å². The van der Waals surface area contributed by atoms with E-state index >= 15 is 4.79 Å². The van der Waals surface area contributed by atoms with E-state index in [1.807, 2.05) is 53.4 Å². The lowest BCUT2D eigenvalue weighted by molar-refractivity contribution is -0.282. The van der Waals surface area contributed by atoms with Crippen LogP contribution in [0.5, 0.6) is 28.7 Å². The number of carbonyl (C=O) groups excluding carboxylic acids is 10. The summed E-state index contributed by atoms with van der Waals surface area (Å²) in [5, 5.41) is 8.22. The fourth-order valence-corrected chi connectivity index (χ4v) is 17.2. The van der Waals surface area contributed by atoms with E-state index in [2.05, 4.69) is 80.7 Å². The van der Waals surface area contributed by atoms with Crippen LogP contribution >= 0.6 is 0 Å². The summed E-state index contributed by atoms with van der Waals surface area (Å²) < 4.78 is 105. The molecule has 6 aromatic carbocycles. The SMILES string of the molecule is C=CCOC(=O)N1C[C@@H]2Cc3ccccc3CN2C(=O)c2cc(OC)c(OCCCCCOc3cc(NC(=O)OCc4ccc(O[C@@H]5O[C@H](C(=O)OC)[C@@H](OC(C)=O)[C@H](OC(C)=O)[C@H]5OC(C)=O)c(NC(=O)CCOCCOCCOCCOCCNC(=O)OCC5c6ccccc6-c6ccccc65)c4)c(C(=O)N4CC5(CC5)C[C@H]4CO[Si](C)(C)C(C)(C)C)cc3OC)cc21. The Balaban J connectivity index is 0.690. The highest BCUT2D eigenvalue weighted by Gasteiger charge is 2.57. The van der Waals surface area contributed by atoms with Gasteiger partial charge in [0.25, 0.3) is 11.8 Å². The van der Waals surface area contributed by atoms with Crippen LogP contribution in [-0.2, 0) is 105 Å². The average Bonchev–Trinajstić information content (AvgIpc) is 1.57. The molecule has 2 saturated heterocycles. The predicted octanol–water partition coefficient (Wildman–Crippen LogP) is 12.8. The number of nitrogens with one attached hydrogen (secondary N) is 3. The summed E-state index contributed by atoms with van der Waals surface area (Å²) in [6.07, 6.45) is -5.09. The lowest BCUT2D eigenvalue weighted by atomic mass is 9.93. The van der Waals surface area contributed by atoms with Gasteiger partial charge in [0.05, 0.1) is 147 Å². The zero-order chi connectivity index (χ0) is 92.8. The highest BCUT2D eigenvalue weighted by molar-refractivity contribution is 6.74. The van der Waals surface area contributed by atoms with Gasteiger partial charge in [0, 0.05) is 58.5 Å². The van der Waals surface area contributed by atoms with E-state index in [0.717, 1.165) is 80.5 Å². The Hall–Kier alpha value is -11.9. The minimum absolute atomic E-state index is 0.0302. The maximum Gasteiger partial charge on any atom is 0.414 e. The molecule has 0 radical (unpaired) electrons. The van der Waals surface area contributed by atoms with Crippen LogP contribution < -0.4 is 44.5 Å². The number of hydrogen-bond donors (Lipinski definition) is 3. The maximum absolute atomic E-state index is 15.4. The molecule has 0 unspecified atom stereocenters. The first kappa shape index (κ1) is 97.2. The van der Waals surface area contributed by atoms with E-state index in [-0.39, 0.29) is 178 Å². The van der Waals surface area contributed by atoms with E-state index in [9.17, 15) is 43.2 Å². The topological polar surface area (TPSA) is 383 Å². The molecule has 6 amide bonds. The zero-order valence-electron chi connectivity index (χ0n) is 75.5. The number of ether oxygens (including phenoxy) is 17. The molecule has 1 saturated carbocycles. The molecule has 6 aliphatic rings. The van der Waals surface area contributed by atoms with Gasteiger partial charge in [-0.25, -0.2) is 19.2 Å². The molecular formula is C95H118N6O28Si. The first-order valence-corrected chi connectivity index (χ1v) is 46.7. The largest absolute Gasteiger partial charge is 0.493 e. The molecular weight excluding hydrogens is 1700 g/mol. The van der Waals surface area contributed by atoms with Gasteiger partial charge in [0.15, 0.2) is 49.6 Å². The van der Waals surface area contributed by atoms with Gasteiger partial charge >= 0.3 is 42.2 Å². The van der Waals surface area contributed by atoms with Crippen molar-refractivity contribution in [3.05, 3.63) is 167 Å². The summed E-state index contributed by atoms with van der Waals surface area (Å²) in [5.41, 5.74) is 7.43. The Morgan fingerprint density at radius 3 is 1.85 bits per heavy atom. The van der Waals surface area contributed by atoms with Crippen molar-refractivity contribution < 1.29 is 133 Å². The Labute approximate surface area is 757 Å². The quantitative estimate of drug-likeness (QED) is 0.0105. The van der Waals surface area contributed by atoms with Crippen LogP contribution in [0, 0.1) is 5.41 Å². The normalized spacial score (nSPS) is 18.7. The summed E-state index contributed by atoms with van der Waals surface area (Å²) in [4.78, 5) is 142. The molecule has 12 rings (SSSR count). The molecule has 0 bridgehead atoms. The van der Waals surface area contributed by atoms with Crippen molar-refractivity contribution in [1.29, 1.82) is 0 Å². The smallest absolute Gasteiger partial charge is 0.414 e. The van der Waals surface area contributed by atoms with Gasteiger partial charge in [-0.1, -0.05) is 112 Å². The Morgan fingerprint density at radius 2 is 1.22 bits per heavy atom. The third-order valence-corrected chi connectivity index (χ3v) is 28.4. The number of hydrogen-bond acceptors (Lipinski definition) is 28. The van der Waals surface area contributed by atoms with Crippen LogP contribution in [0.15, 0.2) is 128 Å². The van der Waals surface area contributed by atoms with Crippen LogP contribution in [0.25, 0.3) is 11.1 Å². The van der Waals surface area contributed by atoms with Gasteiger partial charge in [0.1, 0.15) is 25.6 Å². The number of rotatable bonds is 43. The number of fused-ring (bicyclic) bond motifs is 6. The summed E-state index contributed by atoms with van der Waals surface area (Å²) >= 11 is 0. The van der Waals surface area contributed by atoms with Crippen LogP contribution in [0.2, 0.25) is 18.1 Å². The number of alkyl carbamates (subject to hydrolysis) is 1. The molecule has 3 fully saturated rings. The van der Waals surface area contributed by atoms with Crippen molar-refractivity contribution >= 4 is 85.3 Å². The number of benzene rings is 6. The fourth-order valence-electron chi connectivity index (χ4n) is 16.1. The molecule has 1 spiro atoms. The second-order valence-electron chi connectivity index (χ2n) is 34.0. The van der Waals surface area contributed by atoms with Crippen LogP contribution in [0.4, 0.5) is 31.4 Å². The predicted molar refractivity (Wildman–Crippen MR) is 476 cm³/mol. The summed E-state index contributed by atoms with van der Waals surface area (Å²) in [6.45, 7) is 20.6. The third kappa shape index (κ3) is 25.0. The molecule has 6 aromatic rings. The van der Waals surface area contributed by atoms with Gasteiger partial charge in [0.2, 0.25) is 18.3 Å². The number of methoxy groups -OCH3 is 3. The first-order valence-electron chi connectivity index (χ1n) is 43.8. The van der Waals surface area contributed by atoms with Crippen molar-refractivity contribution in [2.75, 3.05) is 142 Å². The van der Waals surface area contributed by atoms with E-state index in [1.165, 1.54) is 55.5 Å². The lowest BCUT2D eigenvalue weighted by Crippen LogP contribution is -2.64. The molecule has 2 aliphatic carbocycles. The zero-order valence-corrected chi connectivity index (χ0v) is 76.5. The number of amides is 6. The van der Waals surface area contributed by atoms with E-state index in [4.69, 9.17) is 85.0 Å². The molecule has 700 valence electrons. The molecule has 3 N–H and O–H groups in total. The standard InChI is InChI=1S/C95H118N6O28Si/c1-13-35-121-93(111)100-54-65-47-63-23-15-16-24-64(63)53-99(65)88(107)72-49-79(113-9)81(51-76(72)100)120-37-22-14-21-36-119-80-50-74(71(48-78(80)112-8)87(106)101-58-95(32-33-95)52-66(101)56-124-130(11,12)94(5,6)7)98-92(110)122-55-62-29-30-77(128-90-86(127-61(4)104)84(126-60(3)103)83(125-59(2)102)85(129-90)89(108)114-10)75(46-62)97-82(105)31-38-115-40-42-117-44-45-118-43-41-116-39-34-96-91(109)123-57-73-69-27-19-17-25-67(69)68-26-18-20-28-70(68)73/h13,15-20,23-30,46,48-51,65-66,73,83-86,90H,1,14,21-22,31-45,47,52-58H2,2-12H3,(H,96,109)(H,97,105)(H,98,110)/t65-,66-,83-,84-,85-,86+,90+/m0/s1. The van der Waals surface area contributed by atoms with Gasteiger partial charge in [-0.15, -0.1) is 0 Å². The highest BCUT2D eigenvalue weighted by atomic mass is 28.4. The van der Waals surface area contributed by atoms with E-state index in [1.54, 1.807) is 17.0 Å². The Morgan fingerprint density at radius 1 is 0.608 bits per heavy atom. The van der Waals surface area contributed by atoms with Gasteiger partial charge in [-0.05, 0) is 132 Å². The van der Waals surface area contributed by atoms with Crippen molar-refractivity contribution in [3.8, 4) is 39.9 Å². The lowest BCUT2D eigenvalue weighted by Gasteiger charge is -2.43. The van der Waals surface area contributed by atoms with Crippen molar-refractivity contribution in [2.45, 2.75) is 173 Å². The van der Waals surface area contributed by atoms with E-state index in [0.29, 0.717) is 62.6 Å². The number of carbonyl (C=O) groups is 10. The summed E-state index contributed by atoms with van der Waals surface area (Å²) in [6, 6.07) is 34.0. The molecule has 130 heavy (non-hydrogen) atoms. The van der Waals surface area contributed by atoms with Crippen molar-refractivity contribution in [1.82, 2.24) is 15.1 Å². The molecule has 4 aliphatic heterocycles. The summed E-state index contributed by atoms with van der Waals surface area (Å²) in [5.74, 6) is -4.38. The number of unbranched alkanes of at least 4 members (excludes halogenated alkanes) is 2. The number of anilines is 3. The molecule has 34 nitrogen and oxygen atoms in total. The Kier molecular flexibility index (Phi) is 33.7. The minimum Gasteiger partial charge on any atom is -0.493 e. The highest BCUT2D eigenvalue weighted by Crippen LogP contribution is 2.56. The summed E-state index contributed by atoms with van der Waals surface area (Å²) in [7, 11) is 1.66. The van der Waals surface area contributed by atoms with Crippen LogP contribution in [0.1, 0.15) is 141 Å². The monoisotopic (exact) mass is 1820 g/mol. The fraction of sp³-hybridized carbons (Fsp3) is 0.495. The van der Waals surface area contributed by atoms with E-state index < -0.39 is 99.6 Å². The van der Waals surface area contributed by atoms with Crippen LogP contribution in [-0.4, -0.2) is 248 Å². The van der Waals surface area contributed by atoms with Gasteiger partial charge < -0.3 is 105 Å². The molecule has 7 atom stereocenters. The number of esters is 4. The second-order valence-corrected chi connectivity index (χ2v) is 38.9. The van der Waals surface area contributed by atoms with Gasteiger partial charge in [-0.3, -0.25) is 39.0 Å². The van der Waals surface area contributed by atoms with Crippen LogP contribution in [0.3, 0.4) is 0 Å². The molecule has 0 aromatic heterocycles. The Bertz CT molecular complexity index is 4990. The van der Waals surface area contributed by atoms with Gasteiger partial charge in [-0.2, -0.15) is 0 Å². The second kappa shape index (κ2) is 45.1. The molecule has 4 heterocycles. The third-order valence-electron chi connectivity index (χ3n) is 23.9. The first-order chi connectivity index (χ1) is 62.5.